The van der Waals surface area contributed by atoms with Crippen molar-refractivity contribution in [2.24, 2.45) is 11.5 Å². The number of nitrogens with one attached hydrogen (secondary N) is 1. The summed E-state index contributed by atoms with van der Waals surface area (Å²) in [5.74, 6) is 0. The van der Waals surface area contributed by atoms with E-state index in [1.54, 1.807) is 6.20 Å². The van der Waals surface area contributed by atoms with Gasteiger partial charge in [0.05, 0.1) is 17.6 Å². The lowest BCUT2D eigenvalue weighted by atomic mass is 10.3. The fourth-order valence-electron chi connectivity index (χ4n) is 1.22. The van der Waals surface area contributed by atoms with Crippen molar-refractivity contribution in [3.63, 3.8) is 0 Å². The van der Waals surface area contributed by atoms with Crippen LogP contribution < -0.4 is 16.4 Å². The maximum Gasteiger partial charge on any atom is 0.319 e. The van der Waals surface area contributed by atoms with Crippen LogP contribution in [0.1, 0.15) is 12.1 Å². The van der Waals surface area contributed by atoms with Gasteiger partial charge in [-0.05, 0) is 19.9 Å². The first-order chi connectivity index (χ1) is 6.66. The van der Waals surface area contributed by atoms with Crippen LogP contribution in [0, 0.1) is 6.92 Å². The number of aryl methyl sites for hydroxylation is 1. The molecular weight excluding hydrogens is 182 g/mol. The second kappa shape index (κ2) is 4.61. The molecule has 1 rings (SSSR count). The largest absolute Gasteiger partial charge is 0.351 e. The lowest BCUT2D eigenvalue weighted by Crippen LogP contribution is -2.37. The molecule has 0 atom stereocenters. The molecule has 1 aromatic heterocycles. The summed E-state index contributed by atoms with van der Waals surface area (Å²) in [6.07, 6.45) is 2.30. The van der Waals surface area contributed by atoms with Gasteiger partial charge in [0.15, 0.2) is 0 Å². The first kappa shape index (κ1) is 10.5. The molecule has 0 fully saturated rings. The number of hydrogen-bond donors (Lipinski definition) is 3. The second-order valence-corrected chi connectivity index (χ2v) is 3.01. The first-order valence-electron chi connectivity index (χ1n) is 4.43. The Morgan fingerprint density at radius 2 is 2.43 bits per heavy atom. The summed E-state index contributed by atoms with van der Waals surface area (Å²) in [6.45, 7) is 2.88. The van der Waals surface area contributed by atoms with E-state index >= 15 is 0 Å². The zero-order valence-electron chi connectivity index (χ0n) is 8.16. The minimum Gasteiger partial charge on any atom is -0.351 e. The van der Waals surface area contributed by atoms with Crippen LogP contribution in [0.2, 0.25) is 0 Å². The molecule has 6 heteroatoms. The van der Waals surface area contributed by atoms with Gasteiger partial charge in [-0.15, -0.1) is 0 Å². The molecule has 5 N–H and O–H groups in total. The van der Waals surface area contributed by atoms with Crippen molar-refractivity contribution in [3.05, 3.63) is 11.9 Å². The molecule has 78 valence electrons. The number of aromatic amines is 1. The predicted molar refractivity (Wildman–Crippen MR) is 53.9 cm³/mol. The predicted octanol–water partition coefficient (Wildman–Crippen LogP) is -0.0480. The lowest BCUT2D eigenvalue weighted by molar-refractivity contribution is 0.254. The zero-order valence-corrected chi connectivity index (χ0v) is 8.16. The van der Waals surface area contributed by atoms with Crippen LogP contribution in [0.15, 0.2) is 6.20 Å². The molecule has 0 saturated heterocycles. The topological polar surface area (TPSA) is 101 Å². The number of carbonyl (C=O) groups is 1. The van der Waals surface area contributed by atoms with Gasteiger partial charge in [0.2, 0.25) is 0 Å². The van der Waals surface area contributed by atoms with Crippen LogP contribution in [0.25, 0.3) is 0 Å². The SMILES string of the molecule is Cc1[nH]ncc1N(CCCN)C(N)=O. The summed E-state index contributed by atoms with van der Waals surface area (Å²) < 4.78 is 0. The molecule has 0 bridgehead atoms. The van der Waals surface area contributed by atoms with Crippen LogP contribution in [-0.4, -0.2) is 29.3 Å². The van der Waals surface area contributed by atoms with E-state index in [0.717, 1.165) is 5.69 Å². The van der Waals surface area contributed by atoms with E-state index in [1.807, 2.05) is 6.92 Å². The average Bonchev–Trinajstić information content (AvgIpc) is 2.52. The van der Waals surface area contributed by atoms with Gasteiger partial charge < -0.3 is 11.5 Å². The van der Waals surface area contributed by atoms with Crippen molar-refractivity contribution in [2.75, 3.05) is 18.0 Å². The van der Waals surface area contributed by atoms with Gasteiger partial charge in [0.1, 0.15) is 0 Å². The Hall–Kier alpha value is -1.56. The summed E-state index contributed by atoms with van der Waals surface area (Å²) in [7, 11) is 0. The Labute approximate surface area is 82.3 Å². The highest BCUT2D eigenvalue weighted by Crippen LogP contribution is 2.16. The minimum atomic E-state index is -0.483. The van der Waals surface area contributed by atoms with Crippen molar-refractivity contribution in [1.29, 1.82) is 0 Å². The Morgan fingerprint density at radius 3 is 2.86 bits per heavy atom. The fraction of sp³-hybridized carbons (Fsp3) is 0.500. The lowest BCUT2D eigenvalue weighted by Gasteiger charge is -2.18. The van der Waals surface area contributed by atoms with Gasteiger partial charge in [0, 0.05) is 6.54 Å². The smallest absolute Gasteiger partial charge is 0.319 e. The quantitative estimate of drug-likeness (QED) is 0.630. The number of anilines is 1. The Balaban J connectivity index is 2.78. The number of H-pyrrole nitrogens is 1. The van der Waals surface area contributed by atoms with E-state index in [1.165, 1.54) is 4.90 Å². The molecule has 0 aliphatic carbocycles. The third-order valence-corrected chi connectivity index (χ3v) is 1.95. The van der Waals surface area contributed by atoms with Gasteiger partial charge in [-0.1, -0.05) is 0 Å². The third-order valence-electron chi connectivity index (χ3n) is 1.95. The van der Waals surface area contributed by atoms with E-state index in [4.69, 9.17) is 11.5 Å². The summed E-state index contributed by atoms with van der Waals surface area (Å²) in [6, 6.07) is -0.483. The van der Waals surface area contributed by atoms with E-state index in [0.29, 0.717) is 25.2 Å². The van der Waals surface area contributed by atoms with E-state index < -0.39 is 6.03 Å². The Bertz CT molecular complexity index is 308. The number of rotatable bonds is 4. The maximum atomic E-state index is 11.1. The van der Waals surface area contributed by atoms with Crippen LogP contribution in [0.5, 0.6) is 0 Å². The number of nitrogens with zero attached hydrogens (tertiary/aromatic N) is 2. The van der Waals surface area contributed by atoms with Gasteiger partial charge in [-0.2, -0.15) is 5.10 Å². The van der Waals surface area contributed by atoms with Gasteiger partial charge in [0.25, 0.3) is 0 Å². The van der Waals surface area contributed by atoms with Crippen LogP contribution in [0.4, 0.5) is 10.5 Å². The van der Waals surface area contributed by atoms with Crippen molar-refractivity contribution < 1.29 is 4.79 Å². The first-order valence-corrected chi connectivity index (χ1v) is 4.43. The molecule has 2 amide bonds. The molecule has 14 heavy (non-hydrogen) atoms. The molecule has 6 nitrogen and oxygen atoms in total. The Morgan fingerprint density at radius 1 is 1.71 bits per heavy atom. The molecule has 0 aliphatic heterocycles. The Kier molecular flexibility index (Phi) is 3.47. The summed E-state index contributed by atoms with van der Waals surface area (Å²) in [5, 5.41) is 6.58. The highest BCUT2D eigenvalue weighted by atomic mass is 16.2. The van der Waals surface area contributed by atoms with E-state index in [2.05, 4.69) is 10.2 Å². The van der Waals surface area contributed by atoms with E-state index in [-0.39, 0.29) is 0 Å². The monoisotopic (exact) mass is 197 g/mol. The molecule has 1 heterocycles. The second-order valence-electron chi connectivity index (χ2n) is 3.01. The standard InChI is InChI=1S/C8H15N5O/c1-6-7(5-11-12-6)13(8(10)14)4-2-3-9/h5H,2-4,9H2,1H3,(H2,10,14)(H,11,12). The fourth-order valence-corrected chi connectivity index (χ4v) is 1.22. The van der Waals surface area contributed by atoms with E-state index in [9.17, 15) is 4.79 Å². The maximum absolute atomic E-state index is 11.1. The highest BCUT2D eigenvalue weighted by Gasteiger charge is 2.14. The number of nitrogens with two attached hydrogens (primary N) is 2. The number of primary amides is 1. The molecule has 1 aromatic rings. The molecular formula is C8H15N5O. The number of hydrogen-bond acceptors (Lipinski definition) is 3. The van der Waals surface area contributed by atoms with Crippen molar-refractivity contribution in [2.45, 2.75) is 13.3 Å². The zero-order chi connectivity index (χ0) is 10.6. The third kappa shape index (κ3) is 2.23. The van der Waals surface area contributed by atoms with Crippen LogP contribution >= 0.6 is 0 Å². The minimum absolute atomic E-state index is 0.483. The number of urea groups is 1. The average molecular weight is 197 g/mol. The van der Waals surface area contributed by atoms with Crippen molar-refractivity contribution >= 4 is 11.7 Å². The van der Waals surface area contributed by atoms with Gasteiger partial charge in [-0.25, -0.2) is 4.79 Å². The summed E-state index contributed by atoms with van der Waals surface area (Å²) in [5.41, 5.74) is 12.1. The van der Waals surface area contributed by atoms with Crippen molar-refractivity contribution in [3.8, 4) is 0 Å². The van der Waals surface area contributed by atoms with Gasteiger partial charge in [-0.3, -0.25) is 10.00 Å². The normalized spacial score (nSPS) is 10.1. The molecule has 0 aromatic carbocycles. The van der Waals surface area contributed by atoms with Crippen LogP contribution in [0.3, 0.4) is 0 Å². The van der Waals surface area contributed by atoms with Crippen molar-refractivity contribution in [1.82, 2.24) is 10.2 Å². The molecule has 0 radical (unpaired) electrons. The number of carbonyl (C=O) groups excluding carboxylic acids is 1. The summed E-state index contributed by atoms with van der Waals surface area (Å²) in [4.78, 5) is 12.6. The van der Waals surface area contributed by atoms with Gasteiger partial charge >= 0.3 is 6.03 Å². The molecule has 0 unspecified atom stereocenters. The summed E-state index contributed by atoms with van der Waals surface area (Å²) >= 11 is 0. The molecule has 0 spiro atoms. The molecule has 0 saturated carbocycles. The molecule has 0 aliphatic rings. The number of amides is 2. The number of aromatic nitrogens is 2. The highest BCUT2D eigenvalue weighted by molar-refractivity contribution is 5.91. The van der Waals surface area contributed by atoms with Crippen LogP contribution in [-0.2, 0) is 0 Å².